The predicted molar refractivity (Wildman–Crippen MR) is 76.1 cm³/mol. The summed E-state index contributed by atoms with van der Waals surface area (Å²) < 4.78 is 0. The Morgan fingerprint density at radius 2 is 2.39 bits per heavy atom. The second-order valence-electron chi connectivity index (χ2n) is 5.52. The maximum atomic E-state index is 4.98. The highest BCUT2D eigenvalue weighted by Gasteiger charge is 2.43. The van der Waals surface area contributed by atoms with Crippen LogP contribution in [0, 0.1) is 5.92 Å². The van der Waals surface area contributed by atoms with Gasteiger partial charge >= 0.3 is 0 Å². The van der Waals surface area contributed by atoms with Crippen molar-refractivity contribution in [3.63, 3.8) is 0 Å². The van der Waals surface area contributed by atoms with Crippen LogP contribution in [0.4, 0.5) is 0 Å². The van der Waals surface area contributed by atoms with Crippen molar-refractivity contribution in [2.24, 2.45) is 5.92 Å². The van der Waals surface area contributed by atoms with Crippen molar-refractivity contribution in [3.05, 3.63) is 15.6 Å². The monoisotopic (exact) mass is 265 g/mol. The van der Waals surface area contributed by atoms with Gasteiger partial charge in [0.15, 0.2) is 0 Å². The number of hydrogen-bond donors (Lipinski definition) is 2. The number of thiazole rings is 1. The van der Waals surface area contributed by atoms with Gasteiger partial charge in [-0.25, -0.2) is 4.98 Å². The van der Waals surface area contributed by atoms with Crippen molar-refractivity contribution in [1.29, 1.82) is 0 Å². The normalized spacial score (nSPS) is 31.6. The number of aromatic nitrogens is 1. The first kappa shape index (κ1) is 12.6. The number of aryl methyl sites for hydroxylation is 2. The second-order valence-corrected chi connectivity index (χ2v) is 6.61. The van der Waals surface area contributed by atoms with Crippen molar-refractivity contribution in [1.82, 2.24) is 15.6 Å². The maximum Gasteiger partial charge on any atom is 0.114 e. The summed E-state index contributed by atoms with van der Waals surface area (Å²) in [5, 5.41) is 8.51. The average molecular weight is 265 g/mol. The molecule has 2 unspecified atom stereocenters. The molecule has 0 bridgehead atoms. The van der Waals surface area contributed by atoms with Crippen LogP contribution in [0.1, 0.15) is 41.8 Å². The van der Waals surface area contributed by atoms with E-state index < -0.39 is 0 Å². The molecule has 1 aliphatic carbocycles. The van der Waals surface area contributed by atoms with Crippen LogP contribution in [0.25, 0.3) is 0 Å². The van der Waals surface area contributed by atoms with Crippen LogP contribution in [0.3, 0.4) is 0 Å². The van der Waals surface area contributed by atoms with Gasteiger partial charge in [0.2, 0.25) is 0 Å². The van der Waals surface area contributed by atoms with Gasteiger partial charge in [0.05, 0.1) is 11.2 Å². The molecular formula is C14H23N3S. The summed E-state index contributed by atoms with van der Waals surface area (Å²) in [6, 6.07) is 0. The Balaban J connectivity index is 1.98. The fourth-order valence-corrected chi connectivity index (χ4v) is 4.99. The van der Waals surface area contributed by atoms with Gasteiger partial charge in [-0.1, -0.05) is 6.92 Å². The summed E-state index contributed by atoms with van der Waals surface area (Å²) in [5.41, 5.74) is 1.51. The molecule has 1 saturated heterocycles. The third kappa shape index (κ3) is 1.82. The molecule has 2 N–H and O–H groups in total. The van der Waals surface area contributed by atoms with Gasteiger partial charge in [-0.3, -0.25) is 0 Å². The molecule has 2 aliphatic rings. The highest BCUT2D eigenvalue weighted by Crippen LogP contribution is 2.41. The lowest BCUT2D eigenvalue weighted by Crippen LogP contribution is -2.55. The van der Waals surface area contributed by atoms with Crippen LogP contribution in [0.5, 0.6) is 0 Å². The molecule has 4 heteroatoms. The number of hydrogen-bond acceptors (Lipinski definition) is 4. The van der Waals surface area contributed by atoms with E-state index in [9.17, 15) is 0 Å². The van der Waals surface area contributed by atoms with E-state index in [0.717, 1.165) is 19.5 Å². The molecule has 100 valence electrons. The van der Waals surface area contributed by atoms with Crippen LogP contribution in [0.2, 0.25) is 0 Å². The molecule has 0 aromatic carbocycles. The molecule has 2 atom stereocenters. The minimum atomic E-state index is 0.120. The molecule has 0 radical (unpaired) electrons. The Morgan fingerprint density at radius 1 is 1.50 bits per heavy atom. The third-order valence-electron chi connectivity index (χ3n) is 4.70. The number of nitrogens with one attached hydrogen (secondary N) is 2. The summed E-state index contributed by atoms with van der Waals surface area (Å²) in [6.45, 7) is 4.51. The van der Waals surface area contributed by atoms with E-state index >= 15 is 0 Å². The molecule has 0 spiro atoms. The zero-order chi connectivity index (χ0) is 12.6. The molecule has 0 amide bonds. The van der Waals surface area contributed by atoms with Crippen LogP contribution in [-0.2, 0) is 18.4 Å². The Bertz CT molecular complexity index is 407. The van der Waals surface area contributed by atoms with Gasteiger partial charge in [-0.05, 0) is 51.6 Å². The minimum Gasteiger partial charge on any atom is -0.316 e. The Labute approximate surface area is 113 Å². The van der Waals surface area contributed by atoms with Crippen LogP contribution < -0.4 is 10.6 Å². The minimum absolute atomic E-state index is 0.120. The number of nitrogens with zero attached hydrogens (tertiary/aromatic N) is 1. The summed E-state index contributed by atoms with van der Waals surface area (Å²) in [5.74, 6) is 0.655. The zero-order valence-electron chi connectivity index (χ0n) is 11.4. The molecule has 2 heterocycles. The molecular weight excluding hydrogens is 242 g/mol. The smallest absolute Gasteiger partial charge is 0.114 e. The van der Waals surface area contributed by atoms with E-state index in [4.69, 9.17) is 4.98 Å². The number of rotatable bonds is 3. The molecule has 18 heavy (non-hydrogen) atoms. The second kappa shape index (κ2) is 4.91. The fourth-order valence-electron chi connectivity index (χ4n) is 3.53. The van der Waals surface area contributed by atoms with E-state index in [2.05, 4.69) is 24.6 Å². The van der Waals surface area contributed by atoms with Crippen LogP contribution >= 0.6 is 11.3 Å². The van der Waals surface area contributed by atoms with E-state index in [0.29, 0.717) is 5.92 Å². The van der Waals surface area contributed by atoms with Gasteiger partial charge in [0.25, 0.3) is 0 Å². The lowest BCUT2D eigenvalue weighted by Gasteiger charge is -2.43. The quantitative estimate of drug-likeness (QED) is 0.878. The van der Waals surface area contributed by atoms with E-state index in [1.807, 2.05) is 11.3 Å². The topological polar surface area (TPSA) is 37.0 Å². The first-order chi connectivity index (χ1) is 8.80. The summed E-state index contributed by atoms with van der Waals surface area (Å²) in [4.78, 5) is 6.53. The Kier molecular flexibility index (Phi) is 3.43. The zero-order valence-corrected chi connectivity index (χ0v) is 12.2. The summed E-state index contributed by atoms with van der Waals surface area (Å²) in [7, 11) is 2.11. The van der Waals surface area contributed by atoms with E-state index in [1.54, 1.807) is 4.88 Å². The lowest BCUT2D eigenvalue weighted by atomic mass is 9.77. The maximum absolute atomic E-state index is 4.98. The Morgan fingerprint density at radius 3 is 3.11 bits per heavy atom. The average Bonchev–Trinajstić information content (AvgIpc) is 2.99. The highest BCUT2D eigenvalue weighted by molar-refractivity contribution is 7.12. The van der Waals surface area contributed by atoms with E-state index in [-0.39, 0.29) is 5.54 Å². The number of piperidine rings is 1. The molecule has 1 aromatic rings. The van der Waals surface area contributed by atoms with Crippen molar-refractivity contribution in [2.75, 3.05) is 20.1 Å². The predicted octanol–water partition coefficient (Wildman–Crippen LogP) is 2.07. The van der Waals surface area contributed by atoms with E-state index in [1.165, 1.54) is 36.4 Å². The molecule has 0 saturated carbocycles. The van der Waals surface area contributed by atoms with Gasteiger partial charge in [-0.2, -0.15) is 0 Å². The Hall–Kier alpha value is -0.450. The van der Waals surface area contributed by atoms with Gasteiger partial charge in [-0.15, -0.1) is 11.3 Å². The van der Waals surface area contributed by atoms with Gasteiger partial charge in [0.1, 0.15) is 5.01 Å². The highest BCUT2D eigenvalue weighted by atomic mass is 32.1. The lowest BCUT2D eigenvalue weighted by molar-refractivity contribution is 0.159. The molecule has 3 nitrogen and oxygen atoms in total. The van der Waals surface area contributed by atoms with Crippen molar-refractivity contribution in [3.8, 4) is 0 Å². The number of fused-ring (bicyclic) bond motifs is 1. The van der Waals surface area contributed by atoms with Crippen LogP contribution in [-0.4, -0.2) is 25.1 Å². The van der Waals surface area contributed by atoms with Gasteiger partial charge < -0.3 is 10.6 Å². The summed E-state index contributed by atoms with van der Waals surface area (Å²) in [6.07, 6.45) is 6.12. The molecule has 3 rings (SSSR count). The molecule has 1 aliphatic heterocycles. The van der Waals surface area contributed by atoms with Crippen LogP contribution in [0.15, 0.2) is 0 Å². The third-order valence-corrected chi connectivity index (χ3v) is 6.04. The van der Waals surface area contributed by atoms with Crippen molar-refractivity contribution < 1.29 is 0 Å². The largest absolute Gasteiger partial charge is 0.316 e. The fraction of sp³-hybridized carbons (Fsp3) is 0.786. The SMILES string of the molecule is CCC1CNCCC1(NC)c1nc2c(s1)CCC2. The standard InChI is InChI=1S/C14H23N3S/c1-3-10-9-16-8-7-14(10,15-2)13-17-11-5-4-6-12(11)18-13/h10,15-16H,3-9H2,1-2H3. The molecule has 1 aromatic heterocycles. The molecule has 1 fully saturated rings. The van der Waals surface area contributed by atoms with Crippen molar-refractivity contribution in [2.45, 2.75) is 44.6 Å². The first-order valence-corrected chi connectivity index (χ1v) is 8.00. The van der Waals surface area contributed by atoms with Gasteiger partial charge in [0, 0.05) is 11.4 Å². The first-order valence-electron chi connectivity index (χ1n) is 7.19. The van der Waals surface area contributed by atoms with Crippen molar-refractivity contribution >= 4 is 11.3 Å². The summed E-state index contributed by atoms with van der Waals surface area (Å²) >= 11 is 1.97.